The van der Waals surface area contributed by atoms with E-state index in [1.807, 2.05) is 37.4 Å². The van der Waals surface area contributed by atoms with Crippen LogP contribution in [0, 0.1) is 6.92 Å². The minimum Gasteiger partial charge on any atom is -0.395 e. The number of aliphatic hydroxyl groups is 1. The fraction of sp³-hybridized carbons (Fsp3) is 0.370. The predicted molar refractivity (Wildman–Crippen MR) is 133 cm³/mol. The molecule has 0 amide bonds. The van der Waals surface area contributed by atoms with Gasteiger partial charge in [-0.15, -0.1) is 0 Å². The first-order chi connectivity index (χ1) is 16.5. The molecule has 0 spiro atoms. The van der Waals surface area contributed by atoms with Crippen molar-refractivity contribution in [3.8, 4) is 11.1 Å². The summed E-state index contributed by atoms with van der Waals surface area (Å²) < 4.78 is 28.9. The Kier molecular flexibility index (Phi) is 6.53. The molecule has 2 saturated heterocycles. The average molecular weight is 478 g/mol. The van der Waals surface area contributed by atoms with Crippen molar-refractivity contribution in [2.45, 2.75) is 42.7 Å². The number of hydrogen-bond acceptors (Lipinski definition) is 5. The molecular weight excluding hydrogens is 446 g/mol. The van der Waals surface area contributed by atoms with E-state index in [0.717, 1.165) is 41.6 Å². The number of nitrogens with zero attached hydrogens (tertiary/aromatic N) is 3. The Bertz CT molecular complexity index is 1230. The van der Waals surface area contributed by atoms with Crippen molar-refractivity contribution < 1.29 is 13.5 Å². The highest BCUT2D eigenvalue weighted by atomic mass is 32.2. The lowest BCUT2D eigenvalue weighted by atomic mass is 9.74. The second-order valence-corrected chi connectivity index (χ2v) is 11.2. The third-order valence-electron chi connectivity index (χ3n) is 7.33. The highest BCUT2D eigenvalue weighted by Gasteiger charge is 2.50. The molecule has 1 aromatic heterocycles. The summed E-state index contributed by atoms with van der Waals surface area (Å²) in [5.41, 5.74) is 4.06. The van der Waals surface area contributed by atoms with Gasteiger partial charge in [0.05, 0.1) is 11.5 Å². The lowest BCUT2D eigenvalue weighted by molar-refractivity contribution is -0.0553. The second kappa shape index (κ2) is 9.58. The van der Waals surface area contributed by atoms with E-state index >= 15 is 0 Å². The van der Waals surface area contributed by atoms with Gasteiger partial charge in [0.25, 0.3) is 0 Å². The van der Waals surface area contributed by atoms with E-state index < -0.39 is 10.0 Å². The molecule has 2 aliphatic heterocycles. The topological polar surface area (TPSA) is 73.7 Å². The molecule has 0 bridgehead atoms. The Labute approximate surface area is 201 Å². The molecule has 7 heteroatoms. The van der Waals surface area contributed by atoms with Crippen LogP contribution in [0.15, 0.2) is 78.0 Å². The third-order valence-corrected chi connectivity index (χ3v) is 9.36. The molecule has 0 unspecified atom stereocenters. The fourth-order valence-electron chi connectivity index (χ4n) is 5.54. The van der Waals surface area contributed by atoms with Gasteiger partial charge in [-0.25, -0.2) is 8.42 Å². The van der Waals surface area contributed by atoms with Crippen LogP contribution in [0.2, 0.25) is 0 Å². The standard InChI is InChI=1S/C27H31N3O3S/c1-20-7-2-3-9-26(20)34(32,33)29-15-4-5-16-30-24(18-29)27(25(30)19-31)22-12-10-21(11-13-22)23-8-6-14-28-17-23/h2-3,6-14,17,24-25,27,31H,4-5,15-16,18-19H2,1H3/t24-,25+,27+/m1/s1. The Morgan fingerprint density at radius 1 is 0.971 bits per heavy atom. The Balaban J connectivity index is 1.44. The predicted octanol–water partition coefficient (Wildman–Crippen LogP) is 3.67. The van der Waals surface area contributed by atoms with Crippen molar-refractivity contribution in [2.75, 3.05) is 26.2 Å². The van der Waals surface area contributed by atoms with Gasteiger partial charge in [-0.1, -0.05) is 48.5 Å². The van der Waals surface area contributed by atoms with Gasteiger partial charge >= 0.3 is 0 Å². The summed E-state index contributed by atoms with van der Waals surface area (Å²) in [6.07, 6.45) is 5.34. The molecule has 1 N–H and O–H groups in total. The normalized spacial score (nSPS) is 24.0. The molecule has 6 nitrogen and oxygen atoms in total. The fourth-order valence-corrected chi connectivity index (χ4v) is 7.27. The zero-order valence-electron chi connectivity index (χ0n) is 19.4. The van der Waals surface area contributed by atoms with Crippen LogP contribution in [-0.4, -0.2) is 66.0 Å². The van der Waals surface area contributed by atoms with Crippen LogP contribution in [0.3, 0.4) is 0 Å². The van der Waals surface area contributed by atoms with Crippen molar-refractivity contribution in [3.05, 3.63) is 84.2 Å². The van der Waals surface area contributed by atoms with E-state index in [4.69, 9.17) is 0 Å². The highest BCUT2D eigenvalue weighted by Crippen LogP contribution is 2.43. The van der Waals surface area contributed by atoms with E-state index in [2.05, 4.69) is 34.1 Å². The average Bonchev–Trinajstić information content (AvgIpc) is 2.84. The van der Waals surface area contributed by atoms with Crippen LogP contribution in [0.25, 0.3) is 11.1 Å². The lowest BCUT2D eigenvalue weighted by Gasteiger charge is -2.57. The number of sulfonamides is 1. The number of rotatable bonds is 5. The number of aryl methyl sites for hydroxylation is 1. The minimum absolute atomic E-state index is 0.00959. The maximum atomic E-state index is 13.6. The van der Waals surface area contributed by atoms with Gasteiger partial charge in [0, 0.05) is 43.5 Å². The number of aromatic nitrogens is 1. The number of hydrogen-bond donors (Lipinski definition) is 1. The summed E-state index contributed by atoms with van der Waals surface area (Å²) in [7, 11) is -3.59. The van der Waals surface area contributed by atoms with Crippen LogP contribution in [0.1, 0.15) is 29.9 Å². The summed E-state index contributed by atoms with van der Waals surface area (Å²) in [6.45, 7) is 3.76. The molecule has 0 saturated carbocycles. The molecule has 0 radical (unpaired) electrons. The van der Waals surface area contributed by atoms with Gasteiger partial charge in [0.15, 0.2) is 0 Å². The highest BCUT2D eigenvalue weighted by molar-refractivity contribution is 7.89. The van der Waals surface area contributed by atoms with Gasteiger partial charge in [0.2, 0.25) is 10.0 Å². The summed E-state index contributed by atoms with van der Waals surface area (Å²) in [4.78, 5) is 6.90. The Morgan fingerprint density at radius 3 is 2.44 bits per heavy atom. The van der Waals surface area contributed by atoms with Crippen LogP contribution < -0.4 is 0 Å². The third kappa shape index (κ3) is 4.18. The van der Waals surface area contributed by atoms with Crippen LogP contribution >= 0.6 is 0 Å². The van der Waals surface area contributed by atoms with Crippen molar-refractivity contribution >= 4 is 10.0 Å². The molecule has 3 heterocycles. The summed E-state index contributed by atoms with van der Waals surface area (Å²) in [6, 6.07) is 19.6. The summed E-state index contributed by atoms with van der Waals surface area (Å²) in [5.74, 6) is 0.0839. The molecule has 2 fully saturated rings. The van der Waals surface area contributed by atoms with E-state index in [0.29, 0.717) is 18.0 Å². The van der Waals surface area contributed by atoms with E-state index in [1.165, 1.54) is 0 Å². The second-order valence-electron chi connectivity index (χ2n) is 9.28. The molecule has 2 aromatic carbocycles. The molecule has 0 aliphatic carbocycles. The molecule has 178 valence electrons. The molecule has 3 atom stereocenters. The van der Waals surface area contributed by atoms with E-state index in [-0.39, 0.29) is 24.6 Å². The van der Waals surface area contributed by atoms with Gasteiger partial charge in [-0.2, -0.15) is 4.31 Å². The van der Waals surface area contributed by atoms with Gasteiger partial charge in [-0.05, 0) is 60.7 Å². The maximum absolute atomic E-state index is 13.6. The lowest BCUT2D eigenvalue weighted by Crippen LogP contribution is -2.67. The van der Waals surface area contributed by atoms with Crippen molar-refractivity contribution in [3.63, 3.8) is 0 Å². The molecule has 2 aliphatic rings. The van der Waals surface area contributed by atoms with Crippen molar-refractivity contribution in [1.82, 2.24) is 14.2 Å². The maximum Gasteiger partial charge on any atom is 0.243 e. The zero-order chi connectivity index (χ0) is 23.7. The summed E-state index contributed by atoms with van der Waals surface area (Å²) >= 11 is 0. The first-order valence-electron chi connectivity index (χ1n) is 11.9. The Hall–Kier alpha value is -2.58. The smallest absolute Gasteiger partial charge is 0.243 e. The van der Waals surface area contributed by atoms with Crippen LogP contribution in [0.4, 0.5) is 0 Å². The van der Waals surface area contributed by atoms with Crippen molar-refractivity contribution in [2.24, 2.45) is 0 Å². The number of aliphatic hydroxyl groups excluding tert-OH is 1. The first-order valence-corrected chi connectivity index (χ1v) is 13.4. The van der Waals surface area contributed by atoms with E-state index in [1.54, 1.807) is 22.6 Å². The zero-order valence-corrected chi connectivity index (χ0v) is 20.2. The largest absolute Gasteiger partial charge is 0.395 e. The summed E-state index contributed by atoms with van der Waals surface area (Å²) in [5, 5.41) is 10.2. The molecule has 3 aromatic rings. The minimum atomic E-state index is -3.59. The van der Waals surface area contributed by atoms with Crippen molar-refractivity contribution in [1.29, 1.82) is 0 Å². The first kappa shape index (κ1) is 23.2. The Morgan fingerprint density at radius 2 is 1.74 bits per heavy atom. The number of benzene rings is 2. The van der Waals surface area contributed by atoms with Gasteiger partial charge in [-0.3, -0.25) is 9.88 Å². The quantitative estimate of drug-likeness (QED) is 0.607. The van der Waals surface area contributed by atoms with Crippen LogP contribution in [0.5, 0.6) is 0 Å². The van der Waals surface area contributed by atoms with Gasteiger partial charge < -0.3 is 5.11 Å². The van der Waals surface area contributed by atoms with Crippen LogP contribution in [-0.2, 0) is 10.0 Å². The monoisotopic (exact) mass is 477 g/mol. The molecular formula is C27H31N3O3S. The molecule has 34 heavy (non-hydrogen) atoms. The number of fused-ring (bicyclic) bond motifs is 1. The number of pyridine rings is 1. The van der Waals surface area contributed by atoms with E-state index in [9.17, 15) is 13.5 Å². The SMILES string of the molecule is Cc1ccccc1S(=O)(=O)N1CCCCN2[C@H](C1)[C@H](c1ccc(-c3cccnc3)cc1)[C@@H]2CO. The van der Waals surface area contributed by atoms with Gasteiger partial charge in [0.1, 0.15) is 0 Å². The molecule has 5 rings (SSSR count).